The predicted molar refractivity (Wildman–Crippen MR) is 103 cm³/mol. The van der Waals surface area contributed by atoms with Gasteiger partial charge in [0, 0.05) is 36.6 Å². The number of rotatable bonds is 3. The van der Waals surface area contributed by atoms with Gasteiger partial charge in [-0.1, -0.05) is 18.2 Å². The Bertz CT molecular complexity index is 798. The molecule has 0 saturated carbocycles. The van der Waals surface area contributed by atoms with E-state index in [1.807, 2.05) is 37.4 Å². The number of piperidine rings is 1. The highest BCUT2D eigenvalue weighted by Gasteiger charge is 2.27. The summed E-state index contributed by atoms with van der Waals surface area (Å²) in [5.74, 6) is 0.961. The Labute approximate surface area is 154 Å². The summed E-state index contributed by atoms with van der Waals surface area (Å²) >= 11 is 0. The standard InChI is InChI=1S/C21H26N4O/c1-15-7-3-4-8-18(15)23-20(26)16-9-10-19-17(13-16)14-22-21(24-19)25-11-5-2-6-12-25/h3-4,7-8,14,16H,2,5-6,9-13H2,1H3,(H,23,26)/t16-/m1/s1. The molecule has 0 bridgehead atoms. The van der Waals surface area contributed by atoms with Gasteiger partial charge in [0.25, 0.3) is 0 Å². The van der Waals surface area contributed by atoms with Crippen LogP contribution >= 0.6 is 0 Å². The number of carbonyl (C=O) groups is 1. The molecule has 5 heteroatoms. The van der Waals surface area contributed by atoms with Gasteiger partial charge in [-0.2, -0.15) is 0 Å². The lowest BCUT2D eigenvalue weighted by atomic mass is 9.86. The van der Waals surface area contributed by atoms with E-state index < -0.39 is 0 Å². The van der Waals surface area contributed by atoms with Crippen molar-refractivity contribution >= 4 is 17.5 Å². The Morgan fingerprint density at radius 3 is 2.81 bits per heavy atom. The molecule has 1 N–H and O–H groups in total. The highest BCUT2D eigenvalue weighted by atomic mass is 16.1. The zero-order valence-corrected chi connectivity index (χ0v) is 15.4. The van der Waals surface area contributed by atoms with E-state index in [1.54, 1.807) is 0 Å². The minimum Gasteiger partial charge on any atom is -0.341 e. The molecule has 2 aromatic rings. The first-order chi connectivity index (χ1) is 12.7. The molecule has 2 heterocycles. The third kappa shape index (κ3) is 3.57. The molecule has 5 nitrogen and oxygen atoms in total. The number of nitrogens with zero attached hydrogens (tertiary/aromatic N) is 3. The molecule has 1 aromatic carbocycles. The van der Waals surface area contributed by atoms with Crippen LogP contribution in [0.25, 0.3) is 0 Å². The van der Waals surface area contributed by atoms with Gasteiger partial charge >= 0.3 is 0 Å². The molecule has 1 atom stereocenters. The molecule has 1 aliphatic heterocycles. The van der Waals surface area contributed by atoms with E-state index in [-0.39, 0.29) is 11.8 Å². The fourth-order valence-electron chi connectivity index (χ4n) is 3.91. The summed E-state index contributed by atoms with van der Waals surface area (Å²) in [5, 5.41) is 3.09. The Balaban J connectivity index is 1.44. The average Bonchev–Trinajstić information content (AvgIpc) is 2.69. The van der Waals surface area contributed by atoms with Gasteiger partial charge < -0.3 is 10.2 Å². The van der Waals surface area contributed by atoms with Gasteiger partial charge in [0.05, 0.1) is 0 Å². The van der Waals surface area contributed by atoms with Crippen molar-refractivity contribution in [1.82, 2.24) is 9.97 Å². The van der Waals surface area contributed by atoms with Crippen molar-refractivity contribution in [3.8, 4) is 0 Å². The molecule has 2 aliphatic rings. The minimum atomic E-state index is -0.00783. The smallest absolute Gasteiger partial charge is 0.227 e. The normalized spacial score (nSPS) is 19.7. The quantitative estimate of drug-likeness (QED) is 0.920. The summed E-state index contributed by atoms with van der Waals surface area (Å²) in [7, 11) is 0. The fourth-order valence-corrected chi connectivity index (χ4v) is 3.91. The summed E-state index contributed by atoms with van der Waals surface area (Å²) in [6, 6.07) is 7.91. The summed E-state index contributed by atoms with van der Waals surface area (Å²) in [6.45, 7) is 4.13. The molecule has 4 rings (SSSR count). The van der Waals surface area contributed by atoms with Crippen LogP contribution in [0.3, 0.4) is 0 Å². The Morgan fingerprint density at radius 2 is 2.00 bits per heavy atom. The molecule has 1 saturated heterocycles. The van der Waals surface area contributed by atoms with E-state index in [0.717, 1.165) is 60.8 Å². The lowest BCUT2D eigenvalue weighted by molar-refractivity contribution is -0.120. The third-order valence-corrected chi connectivity index (χ3v) is 5.55. The van der Waals surface area contributed by atoms with E-state index in [2.05, 4.69) is 15.2 Å². The van der Waals surface area contributed by atoms with E-state index >= 15 is 0 Å². The molecular weight excluding hydrogens is 324 g/mol. The van der Waals surface area contributed by atoms with Crippen LogP contribution in [0.2, 0.25) is 0 Å². The number of fused-ring (bicyclic) bond motifs is 1. The van der Waals surface area contributed by atoms with Crippen molar-refractivity contribution in [2.24, 2.45) is 5.92 Å². The summed E-state index contributed by atoms with van der Waals surface area (Å²) in [4.78, 5) is 24.4. The molecular formula is C21H26N4O. The van der Waals surface area contributed by atoms with Gasteiger partial charge in [-0.05, 0) is 62.6 Å². The largest absolute Gasteiger partial charge is 0.341 e. The topological polar surface area (TPSA) is 58.1 Å². The van der Waals surface area contributed by atoms with Crippen molar-refractivity contribution in [2.45, 2.75) is 45.4 Å². The SMILES string of the molecule is Cc1ccccc1NC(=O)[C@@H]1CCc2nc(N3CCCCC3)ncc2C1. The van der Waals surface area contributed by atoms with E-state index in [4.69, 9.17) is 4.98 Å². The van der Waals surface area contributed by atoms with Crippen LogP contribution in [0, 0.1) is 12.8 Å². The van der Waals surface area contributed by atoms with E-state index in [1.165, 1.54) is 19.3 Å². The predicted octanol–water partition coefficient (Wildman–Crippen LogP) is 3.52. The van der Waals surface area contributed by atoms with Crippen molar-refractivity contribution in [3.63, 3.8) is 0 Å². The number of benzene rings is 1. The minimum absolute atomic E-state index is 0.00783. The second kappa shape index (κ2) is 7.44. The van der Waals surface area contributed by atoms with Gasteiger partial charge in [-0.25, -0.2) is 9.97 Å². The molecule has 1 aliphatic carbocycles. The highest BCUT2D eigenvalue weighted by molar-refractivity contribution is 5.93. The van der Waals surface area contributed by atoms with Crippen LogP contribution in [0.4, 0.5) is 11.6 Å². The summed E-state index contributed by atoms with van der Waals surface area (Å²) < 4.78 is 0. The van der Waals surface area contributed by atoms with Crippen LogP contribution < -0.4 is 10.2 Å². The number of hydrogen-bond acceptors (Lipinski definition) is 4. The lowest BCUT2D eigenvalue weighted by Crippen LogP contribution is -2.32. The Hall–Kier alpha value is -2.43. The second-order valence-corrected chi connectivity index (χ2v) is 7.43. The number of para-hydroxylation sites is 1. The second-order valence-electron chi connectivity index (χ2n) is 7.43. The van der Waals surface area contributed by atoms with Gasteiger partial charge in [0.15, 0.2) is 0 Å². The number of carbonyl (C=O) groups excluding carboxylic acids is 1. The number of nitrogens with one attached hydrogen (secondary N) is 1. The van der Waals surface area contributed by atoms with Crippen molar-refractivity contribution in [3.05, 3.63) is 47.3 Å². The monoisotopic (exact) mass is 350 g/mol. The number of hydrogen-bond donors (Lipinski definition) is 1. The highest BCUT2D eigenvalue weighted by Crippen LogP contribution is 2.27. The van der Waals surface area contributed by atoms with Crippen LogP contribution in [-0.2, 0) is 17.6 Å². The summed E-state index contributed by atoms with van der Waals surface area (Å²) in [6.07, 6.45) is 8.13. The van der Waals surface area contributed by atoms with Gasteiger partial charge in [-0.15, -0.1) is 0 Å². The van der Waals surface area contributed by atoms with Crippen molar-refractivity contribution in [1.29, 1.82) is 0 Å². The lowest BCUT2D eigenvalue weighted by Gasteiger charge is -2.28. The third-order valence-electron chi connectivity index (χ3n) is 5.55. The molecule has 1 fully saturated rings. The molecule has 1 amide bonds. The Kier molecular flexibility index (Phi) is 4.87. The first-order valence-corrected chi connectivity index (χ1v) is 9.67. The van der Waals surface area contributed by atoms with Crippen molar-refractivity contribution < 1.29 is 4.79 Å². The number of aryl methyl sites for hydroxylation is 2. The van der Waals surface area contributed by atoms with Crippen molar-refractivity contribution in [2.75, 3.05) is 23.3 Å². The molecule has 136 valence electrons. The zero-order chi connectivity index (χ0) is 17.9. The first kappa shape index (κ1) is 17.0. The summed E-state index contributed by atoms with van der Waals surface area (Å²) in [5.41, 5.74) is 4.24. The van der Waals surface area contributed by atoms with Gasteiger partial charge in [0.2, 0.25) is 11.9 Å². The maximum Gasteiger partial charge on any atom is 0.227 e. The average molecular weight is 350 g/mol. The van der Waals surface area contributed by atoms with E-state index in [0.29, 0.717) is 0 Å². The number of aromatic nitrogens is 2. The Morgan fingerprint density at radius 1 is 1.19 bits per heavy atom. The fraction of sp³-hybridized carbons (Fsp3) is 0.476. The van der Waals surface area contributed by atoms with Gasteiger partial charge in [0.1, 0.15) is 0 Å². The molecule has 0 radical (unpaired) electrons. The molecule has 26 heavy (non-hydrogen) atoms. The number of amides is 1. The molecule has 1 aromatic heterocycles. The molecule has 0 spiro atoms. The van der Waals surface area contributed by atoms with Gasteiger partial charge in [-0.3, -0.25) is 4.79 Å². The first-order valence-electron chi connectivity index (χ1n) is 9.67. The number of anilines is 2. The van der Waals surface area contributed by atoms with Crippen LogP contribution in [0.1, 0.15) is 42.5 Å². The van der Waals surface area contributed by atoms with Crippen LogP contribution in [-0.4, -0.2) is 29.0 Å². The van der Waals surface area contributed by atoms with Crippen LogP contribution in [0.5, 0.6) is 0 Å². The maximum atomic E-state index is 12.7. The molecule has 0 unspecified atom stereocenters. The maximum absolute atomic E-state index is 12.7. The zero-order valence-electron chi connectivity index (χ0n) is 15.4. The van der Waals surface area contributed by atoms with E-state index in [9.17, 15) is 4.79 Å². The van der Waals surface area contributed by atoms with Crippen LogP contribution in [0.15, 0.2) is 30.5 Å².